The summed E-state index contributed by atoms with van der Waals surface area (Å²) in [4.78, 5) is 13.6. The van der Waals surface area contributed by atoms with Crippen LogP contribution in [-0.2, 0) is 6.54 Å². The molecule has 0 aliphatic carbocycles. The molecule has 0 spiro atoms. The Hall–Kier alpha value is -1.81. The Kier molecular flexibility index (Phi) is 3.74. The van der Waals surface area contributed by atoms with Crippen molar-refractivity contribution in [1.82, 2.24) is 4.90 Å². The van der Waals surface area contributed by atoms with Crippen molar-refractivity contribution >= 4 is 16.9 Å². The molecule has 1 aliphatic rings. The van der Waals surface area contributed by atoms with Crippen molar-refractivity contribution in [2.75, 3.05) is 13.1 Å². The van der Waals surface area contributed by atoms with Gasteiger partial charge in [0.15, 0.2) is 0 Å². The van der Waals surface area contributed by atoms with Crippen LogP contribution in [0.15, 0.2) is 28.9 Å². The maximum Gasteiger partial charge on any atom is 0.339 e. The summed E-state index contributed by atoms with van der Waals surface area (Å²) in [7, 11) is 0. The molecule has 0 atom stereocenters. The highest BCUT2D eigenvalue weighted by molar-refractivity contribution is 6.01. The fraction of sp³-hybridized carbons (Fsp3) is 0.438. The van der Waals surface area contributed by atoms with Crippen LogP contribution in [0.5, 0.6) is 0 Å². The van der Waals surface area contributed by atoms with E-state index in [1.165, 1.54) is 25.7 Å². The number of carbonyl (C=O) groups is 1. The molecular formula is C16H19NO3. The first kappa shape index (κ1) is 13.2. The lowest BCUT2D eigenvalue weighted by Gasteiger charge is -2.18. The highest BCUT2D eigenvalue weighted by Crippen LogP contribution is 2.26. The van der Waals surface area contributed by atoms with Crippen molar-refractivity contribution in [3.63, 3.8) is 0 Å². The summed E-state index contributed by atoms with van der Waals surface area (Å²) in [5.74, 6) is -0.939. The molecule has 1 aromatic carbocycles. The molecule has 0 unspecified atom stereocenters. The van der Waals surface area contributed by atoms with Crippen LogP contribution < -0.4 is 0 Å². The summed E-state index contributed by atoms with van der Waals surface area (Å²) >= 11 is 0. The van der Waals surface area contributed by atoms with E-state index < -0.39 is 5.97 Å². The molecule has 3 rings (SSSR count). The molecule has 2 aromatic rings. The summed E-state index contributed by atoms with van der Waals surface area (Å²) in [6, 6.07) is 5.32. The van der Waals surface area contributed by atoms with E-state index in [-0.39, 0.29) is 5.56 Å². The SMILES string of the molecule is O=C(O)c1cccc2c(CN3CCCCCC3)coc12. The van der Waals surface area contributed by atoms with Crippen LogP contribution in [0.4, 0.5) is 0 Å². The number of rotatable bonds is 3. The molecular weight excluding hydrogens is 254 g/mol. The minimum Gasteiger partial charge on any atom is -0.478 e. The molecule has 1 fully saturated rings. The first-order valence-corrected chi connectivity index (χ1v) is 7.20. The van der Waals surface area contributed by atoms with E-state index in [9.17, 15) is 9.90 Å². The van der Waals surface area contributed by atoms with Crippen LogP contribution in [0.1, 0.15) is 41.6 Å². The minimum absolute atomic E-state index is 0.240. The van der Waals surface area contributed by atoms with Crippen molar-refractivity contribution in [2.45, 2.75) is 32.2 Å². The highest BCUT2D eigenvalue weighted by Gasteiger charge is 2.16. The summed E-state index contributed by atoms with van der Waals surface area (Å²) in [6.07, 6.45) is 6.83. The molecule has 0 saturated carbocycles. The monoisotopic (exact) mass is 273 g/mol. The Labute approximate surface area is 118 Å². The smallest absolute Gasteiger partial charge is 0.339 e. The molecule has 4 heteroatoms. The molecule has 4 nitrogen and oxygen atoms in total. The van der Waals surface area contributed by atoms with Gasteiger partial charge in [0.1, 0.15) is 11.1 Å². The van der Waals surface area contributed by atoms with Gasteiger partial charge in [0, 0.05) is 17.5 Å². The molecule has 1 N–H and O–H groups in total. The number of fused-ring (bicyclic) bond motifs is 1. The molecule has 1 saturated heterocycles. The third kappa shape index (κ3) is 2.56. The van der Waals surface area contributed by atoms with Gasteiger partial charge in [0.05, 0.1) is 6.26 Å². The molecule has 106 valence electrons. The number of furan rings is 1. The summed E-state index contributed by atoms with van der Waals surface area (Å²) in [6.45, 7) is 3.08. The Balaban J connectivity index is 1.88. The Bertz CT molecular complexity index is 609. The van der Waals surface area contributed by atoms with Gasteiger partial charge >= 0.3 is 5.97 Å². The Morgan fingerprint density at radius 3 is 2.65 bits per heavy atom. The second-order valence-corrected chi connectivity index (χ2v) is 5.44. The van der Waals surface area contributed by atoms with E-state index in [2.05, 4.69) is 4.90 Å². The average molecular weight is 273 g/mol. The van der Waals surface area contributed by atoms with Crippen LogP contribution in [0, 0.1) is 0 Å². The average Bonchev–Trinajstić information content (AvgIpc) is 2.68. The van der Waals surface area contributed by atoms with Gasteiger partial charge in [-0.3, -0.25) is 4.90 Å². The normalized spacial score (nSPS) is 17.2. The largest absolute Gasteiger partial charge is 0.478 e. The molecule has 0 bridgehead atoms. The second kappa shape index (κ2) is 5.67. The van der Waals surface area contributed by atoms with Gasteiger partial charge in [0.25, 0.3) is 0 Å². The molecule has 0 amide bonds. The fourth-order valence-electron chi connectivity index (χ4n) is 2.94. The van der Waals surface area contributed by atoms with Crippen LogP contribution in [0.25, 0.3) is 11.0 Å². The van der Waals surface area contributed by atoms with Crippen LogP contribution in [0.2, 0.25) is 0 Å². The number of hydrogen-bond acceptors (Lipinski definition) is 3. The maximum absolute atomic E-state index is 11.2. The van der Waals surface area contributed by atoms with Gasteiger partial charge in [-0.05, 0) is 32.0 Å². The second-order valence-electron chi connectivity index (χ2n) is 5.44. The number of nitrogens with zero attached hydrogens (tertiary/aromatic N) is 1. The zero-order valence-corrected chi connectivity index (χ0v) is 11.5. The van der Waals surface area contributed by atoms with Crippen molar-refractivity contribution in [2.24, 2.45) is 0 Å². The third-order valence-electron chi connectivity index (χ3n) is 4.00. The van der Waals surface area contributed by atoms with E-state index in [0.717, 1.165) is 30.6 Å². The first-order valence-electron chi connectivity index (χ1n) is 7.20. The minimum atomic E-state index is -0.939. The number of hydrogen-bond donors (Lipinski definition) is 1. The van der Waals surface area contributed by atoms with Crippen molar-refractivity contribution in [3.8, 4) is 0 Å². The van der Waals surface area contributed by atoms with Gasteiger partial charge in [-0.2, -0.15) is 0 Å². The Morgan fingerprint density at radius 1 is 1.20 bits per heavy atom. The Morgan fingerprint density at radius 2 is 1.95 bits per heavy atom. The number of benzene rings is 1. The van der Waals surface area contributed by atoms with Crippen LogP contribution in [-0.4, -0.2) is 29.1 Å². The summed E-state index contributed by atoms with van der Waals surface area (Å²) in [5, 5.41) is 10.1. The first-order chi connectivity index (χ1) is 9.75. The van der Waals surface area contributed by atoms with E-state index in [1.807, 2.05) is 6.07 Å². The van der Waals surface area contributed by atoms with Crippen LogP contribution >= 0.6 is 0 Å². The van der Waals surface area contributed by atoms with Gasteiger partial charge in [0.2, 0.25) is 0 Å². The van der Waals surface area contributed by atoms with Gasteiger partial charge in [-0.15, -0.1) is 0 Å². The quantitative estimate of drug-likeness (QED) is 0.929. The lowest BCUT2D eigenvalue weighted by atomic mass is 10.1. The lowest BCUT2D eigenvalue weighted by Crippen LogP contribution is -2.23. The highest BCUT2D eigenvalue weighted by atomic mass is 16.4. The van der Waals surface area contributed by atoms with E-state index in [4.69, 9.17) is 4.42 Å². The van der Waals surface area contributed by atoms with Crippen molar-refractivity contribution < 1.29 is 14.3 Å². The van der Waals surface area contributed by atoms with Gasteiger partial charge < -0.3 is 9.52 Å². The number of aromatic carboxylic acids is 1. The standard InChI is InChI=1S/C16H19NO3/c18-16(19)14-7-5-6-13-12(11-20-15(13)14)10-17-8-3-1-2-4-9-17/h5-7,11H,1-4,8-10H2,(H,18,19). The predicted octanol–water partition coefficient (Wildman–Crippen LogP) is 3.51. The third-order valence-corrected chi connectivity index (χ3v) is 4.00. The number of likely N-dealkylation sites (tertiary alicyclic amines) is 1. The van der Waals surface area contributed by atoms with Gasteiger partial charge in [-0.1, -0.05) is 25.0 Å². The zero-order valence-electron chi connectivity index (χ0n) is 11.5. The van der Waals surface area contributed by atoms with Crippen molar-refractivity contribution in [1.29, 1.82) is 0 Å². The molecule has 0 radical (unpaired) electrons. The molecule has 2 heterocycles. The molecule has 1 aliphatic heterocycles. The predicted molar refractivity (Wildman–Crippen MR) is 76.9 cm³/mol. The molecule has 1 aromatic heterocycles. The number of carboxylic acids is 1. The summed E-state index contributed by atoms with van der Waals surface area (Å²) in [5.41, 5.74) is 1.82. The zero-order chi connectivity index (χ0) is 13.9. The van der Waals surface area contributed by atoms with E-state index in [1.54, 1.807) is 18.4 Å². The number of carboxylic acid groups (broad SMARTS) is 1. The van der Waals surface area contributed by atoms with Crippen molar-refractivity contribution in [3.05, 3.63) is 35.6 Å². The van der Waals surface area contributed by atoms with E-state index >= 15 is 0 Å². The van der Waals surface area contributed by atoms with Crippen LogP contribution in [0.3, 0.4) is 0 Å². The van der Waals surface area contributed by atoms with E-state index in [0.29, 0.717) is 5.58 Å². The molecule has 20 heavy (non-hydrogen) atoms. The van der Waals surface area contributed by atoms with Gasteiger partial charge in [-0.25, -0.2) is 4.79 Å². The summed E-state index contributed by atoms with van der Waals surface area (Å²) < 4.78 is 5.51. The maximum atomic E-state index is 11.2. The topological polar surface area (TPSA) is 53.7 Å². The lowest BCUT2D eigenvalue weighted by molar-refractivity contribution is 0.0698. The fourth-order valence-corrected chi connectivity index (χ4v) is 2.94. The number of para-hydroxylation sites is 1.